The van der Waals surface area contributed by atoms with Gasteiger partial charge in [-0.15, -0.1) is 0 Å². The van der Waals surface area contributed by atoms with Crippen LogP contribution in [0.2, 0.25) is 0 Å². The van der Waals surface area contributed by atoms with Gasteiger partial charge < -0.3 is 4.74 Å². The molecule has 0 bridgehead atoms. The molecule has 0 aliphatic rings. The van der Waals surface area contributed by atoms with E-state index < -0.39 is 0 Å². The van der Waals surface area contributed by atoms with Gasteiger partial charge in [-0.3, -0.25) is 4.79 Å². The quantitative estimate of drug-likeness (QED) is 0.461. The first kappa shape index (κ1) is 10.2. The third-order valence-corrected chi connectivity index (χ3v) is 1.34. The standard InChI is InChI=1S/C9H16O2/c1-4-5-6-7-8(2)11-9(3)10/h4-5,8H,6-7H2,1-3H3. The van der Waals surface area contributed by atoms with Crippen molar-refractivity contribution in [2.45, 2.75) is 39.7 Å². The van der Waals surface area contributed by atoms with Crippen molar-refractivity contribution in [3.63, 3.8) is 0 Å². The van der Waals surface area contributed by atoms with Crippen LogP contribution in [-0.2, 0) is 9.53 Å². The molecule has 0 fully saturated rings. The fourth-order valence-corrected chi connectivity index (χ4v) is 0.840. The van der Waals surface area contributed by atoms with Crippen LogP contribution in [0.3, 0.4) is 0 Å². The van der Waals surface area contributed by atoms with Gasteiger partial charge in [-0.2, -0.15) is 0 Å². The Morgan fingerprint density at radius 2 is 2.27 bits per heavy atom. The second-order valence-electron chi connectivity index (χ2n) is 2.57. The molecule has 0 aromatic rings. The molecule has 0 N–H and O–H groups in total. The van der Waals surface area contributed by atoms with E-state index in [-0.39, 0.29) is 12.1 Å². The van der Waals surface area contributed by atoms with Crippen molar-refractivity contribution in [3.05, 3.63) is 12.2 Å². The van der Waals surface area contributed by atoms with E-state index in [2.05, 4.69) is 6.08 Å². The maximum Gasteiger partial charge on any atom is 0.302 e. The Labute approximate surface area is 68.2 Å². The smallest absolute Gasteiger partial charge is 0.302 e. The van der Waals surface area contributed by atoms with E-state index >= 15 is 0 Å². The van der Waals surface area contributed by atoms with Crippen LogP contribution in [0.1, 0.15) is 33.6 Å². The van der Waals surface area contributed by atoms with Crippen molar-refractivity contribution < 1.29 is 9.53 Å². The molecular formula is C9H16O2. The second-order valence-corrected chi connectivity index (χ2v) is 2.57. The molecular weight excluding hydrogens is 140 g/mol. The zero-order valence-electron chi connectivity index (χ0n) is 7.46. The van der Waals surface area contributed by atoms with Crippen molar-refractivity contribution in [2.24, 2.45) is 0 Å². The monoisotopic (exact) mass is 156 g/mol. The van der Waals surface area contributed by atoms with Gasteiger partial charge in [0.2, 0.25) is 0 Å². The SMILES string of the molecule is CC=CCCC(C)OC(C)=O. The van der Waals surface area contributed by atoms with Crippen LogP contribution in [0.15, 0.2) is 12.2 Å². The third-order valence-electron chi connectivity index (χ3n) is 1.34. The molecule has 0 radical (unpaired) electrons. The normalized spacial score (nSPS) is 13.4. The number of allylic oxidation sites excluding steroid dienone is 2. The maximum atomic E-state index is 10.4. The van der Waals surface area contributed by atoms with Gasteiger partial charge in [-0.1, -0.05) is 12.2 Å². The Kier molecular flexibility index (Phi) is 5.53. The Hall–Kier alpha value is -0.790. The molecule has 0 heterocycles. The van der Waals surface area contributed by atoms with Gasteiger partial charge in [0.05, 0.1) is 6.10 Å². The lowest BCUT2D eigenvalue weighted by atomic mass is 10.2. The van der Waals surface area contributed by atoms with Gasteiger partial charge in [-0.05, 0) is 26.7 Å². The van der Waals surface area contributed by atoms with Crippen molar-refractivity contribution in [3.8, 4) is 0 Å². The summed E-state index contributed by atoms with van der Waals surface area (Å²) in [6, 6.07) is 0. The number of hydrogen-bond donors (Lipinski definition) is 0. The molecule has 64 valence electrons. The summed E-state index contributed by atoms with van der Waals surface area (Å²) in [4.78, 5) is 10.4. The summed E-state index contributed by atoms with van der Waals surface area (Å²) in [5.41, 5.74) is 0. The number of rotatable bonds is 4. The highest BCUT2D eigenvalue weighted by molar-refractivity contribution is 5.66. The zero-order chi connectivity index (χ0) is 8.69. The summed E-state index contributed by atoms with van der Waals surface area (Å²) in [6.07, 6.45) is 6.00. The van der Waals surface area contributed by atoms with Gasteiger partial charge in [0.15, 0.2) is 0 Å². The first-order valence-electron chi connectivity index (χ1n) is 3.95. The van der Waals surface area contributed by atoms with E-state index in [1.54, 1.807) is 0 Å². The molecule has 0 aliphatic carbocycles. The van der Waals surface area contributed by atoms with Gasteiger partial charge in [0, 0.05) is 6.92 Å². The first-order chi connectivity index (χ1) is 5.16. The topological polar surface area (TPSA) is 26.3 Å². The van der Waals surface area contributed by atoms with Crippen LogP contribution >= 0.6 is 0 Å². The lowest BCUT2D eigenvalue weighted by Gasteiger charge is -2.09. The van der Waals surface area contributed by atoms with Crippen LogP contribution in [-0.4, -0.2) is 12.1 Å². The lowest BCUT2D eigenvalue weighted by Crippen LogP contribution is -2.11. The van der Waals surface area contributed by atoms with Gasteiger partial charge >= 0.3 is 5.97 Å². The van der Waals surface area contributed by atoms with Crippen LogP contribution in [0, 0.1) is 0 Å². The van der Waals surface area contributed by atoms with Crippen molar-refractivity contribution in [2.75, 3.05) is 0 Å². The average Bonchev–Trinajstić information content (AvgIpc) is 1.86. The molecule has 1 atom stereocenters. The fourth-order valence-electron chi connectivity index (χ4n) is 0.840. The highest BCUT2D eigenvalue weighted by Gasteiger charge is 2.02. The van der Waals surface area contributed by atoms with E-state index in [9.17, 15) is 4.79 Å². The van der Waals surface area contributed by atoms with Gasteiger partial charge in [0.25, 0.3) is 0 Å². The molecule has 2 nitrogen and oxygen atoms in total. The molecule has 0 aromatic carbocycles. The van der Waals surface area contributed by atoms with Gasteiger partial charge in [0.1, 0.15) is 0 Å². The van der Waals surface area contributed by atoms with Gasteiger partial charge in [-0.25, -0.2) is 0 Å². The number of ether oxygens (including phenoxy) is 1. The number of carbonyl (C=O) groups is 1. The van der Waals surface area contributed by atoms with Crippen molar-refractivity contribution in [1.29, 1.82) is 0 Å². The molecule has 11 heavy (non-hydrogen) atoms. The molecule has 0 saturated heterocycles. The average molecular weight is 156 g/mol. The minimum atomic E-state index is -0.196. The Morgan fingerprint density at radius 3 is 2.73 bits per heavy atom. The molecule has 0 rings (SSSR count). The van der Waals surface area contributed by atoms with E-state index in [4.69, 9.17) is 4.74 Å². The van der Waals surface area contributed by atoms with Crippen LogP contribution < -0.4 is 0 Å². The lowest BCUT2D eigenvalue weighted by molar-refractivity contribution is -0.145. The number of esters is 1. The summed E-state index contributed by atoms with van der Waals surface area (Å²) in [7, 11) is 0. The van der Waals surface area contributed by atoms with Crippen LogP contribution in [0.4, 0.5) is 0 Å². The summed E-state index contributed by atoms with van der Waals surface area (Å²) in [5, 5.41) is 0. The van der Waals surface area contributed by atoms with E-state index in [1.165, 1.54) is 6.92 Å². The number of hydrogen-bond acceptors (Lipinski definition) is 2. The first-order valence-corrected chi connectivity index (χ1v) is 3.95. The highest BCUT2D eigenvalue weighted by Crippen LogP contribution is 2.02. The van der Waals surface area contributed by atoms with E-state index in [1.807, 2.05) is 19.9 Å². The maximum absolute atomic E-state index is 10.4. The number of carbonyl (C=O) groups excluding carboxylic acids is 1. The second kappa shape index (κ2) is 5.96. The fraction of sp³-hybridized carbons (Fsp3) is 0.667. The zero-order valence-corrected chi connectivity index (χ0v) is 7.46. The summed E-state index contributed by atoms with van der Waals surface area (Å²) >= 11 is 0. The van der Waals surface area contributed by atoms with Crippen molar-refractivity contribution in [1.82, 2.24) is 0 Å². The van der Waals surface area contributed by atoms with Crippen LogP contribution in [0.25, 0.3) is 0 Å². The van der Waals surface area contributed by atoms with E-state index in [0.29, 0.717) is 0 Å². The van der Waals surface area contributed by atoms with Crippen molar-refractivity contribution >= 4 is 5.97 Å². The predicted octanol–water partition coefficient (Wildman–Crippen LogP) is 2.29. The summed E-state index contributed by atoms with van der Waals surface area (Å²) < 4.78 is 4.92. The summed E-state index contributed by atoms with van der Waals surface area (Å²) in [5.74, 6) is -0.196. The Balaban J connectivity index is 3.36. The largest absolute Gasteiger partial charge is 0.463 e. The molecule has 2 heteroatoms. The minimum absolute atomic E-state index is 0.0451. The molecule has 0 amide bonds. The highest BCUT2D eigenvalue weighted by atomic mass is 16.5. The van der Waals surface area contributed by atoms with E-state index in [0.717, 1.165) is 12.8 Å². The molecule has 1 unspecified atom stereocenters. The minimum Gasteiger partial charge on any atom is -0.463 e. The molecule has 0 aliphatic heterocycles. The Bertz CT molecular complexity index is 138. The predicted molar refractivity (Wildman–Crippen MR) is 45.3 cm³/mol. The molecule has 0 spiro atoms. The Morgan fingerprint density at radius 1 is 1.64 bits per heavy atom. The van der Waals surface area contributed by atoms with Crippen LogP contribution in [0.5, 0.6) is 0 Å². The summed E-state index contributed by atoms with van der Waals surface area (Å²) in [6.45, 7) is 5.33. The molecule has 0 aromatic heterocycles. The molecule has 0 saturated carbocycles. The third kappa shape index (κ3) is 7.10.